The van der Waals surface area contributed by atoms with Crippen molar-refractivity contribution in [2.75, 3.05) is 13.1 Å². The van der Waals surface area contributed by atoms with Crippen LogP contribution in [0, 0.1) is 0 Å². The predicted molar refractivity (Wildman–Crippen MR) is 86.8 cm³/mol. The number of hydrogen-bond acceptors (Lipinski definition) is 2. The van der Waals surface area contributed by atoms with Crippen molar-refractivity contribution in [1.29, 1.82) is 0 Å². The molecule has 0 bridgehead atoms. The van der Waals surface area contributed by atoms with Crippen LogP contribution in [0.5, 0.6) is 0 Å². The fourth-order valence-electron chi connectivity index (χ4n) is 3.31. The predicted octanol–water partition coefficient (Wildman–Crippen LogP) is 3.73. The van der Waals surface area contributed by atoms with Crippen LogP contribution in [0.15, 0.2) is 24.3 Å². The van der Waals surface area contributed by atoms with E-state index in [4.69, 9.17) is 5.73 Å². The lowest BCUT2D eigenvalue weighted by Crippen LogP contribution is -2.51. The zero-order valence-corrected chi connectivity index (χ0v) is 13.2. The molecule has 0 amide bonds. The van der Waals surface area contributed by atoms with Crippen LogP contribution >= 0.6 is 0 Å². The number of nitrogens with two attached hydrogens (primary N) is 1. The maximum atomic E-state index is 6.15. The molecule has 2 heteroatoms. The molecule has 1 aliphatic rings. The molecule has 0 fully saturated rings. The van der Waals surface area contributed by atoms with E-state index in [1.165, 1.54) is 56.2 Å². The van der Waals surface area contributed by atoms with Crippen LogP contribution in [-0.4, -0.2) is 23.5 Å². The third-order valence-corrected chi connectivity index (χ3v) is 4.88. The number of benzene rings is 1. The second-order valence-corrected chi connectivity index (χ2v) is 6.45. The highest BCUT2D eigenvalue weighted by molar-refractivity contribution is 5.28. The number of fused-ring (bicyclic) bond motifs is 1. The Labute approximate surface area is 124 Å². The van der Waals surface area contributed by atoms with Gasteiger partial charge in [0.1, 0.15) is 0 Å². The van der Waals surface area contributed by atoms with Crippen LogP contribution in [-0.2, 0) is 13.0 Å². The van der Waals surface area contributed by atoms with E-state index in [1.807, 2.05) is 0 Å². The minimum atomic E-state index is 0.159. The highest BCUT2D eigenvalue weighted by Crippen LogP contribution is 2.28. The van der Waals surface area contributed by atoms with Crippen molar-refractivity contribution >= 4 is 0 Å². The molecule has 0 saturated heterocycles. The largest absolute Gasteiger partial charge is 0.329 e. The Morgan fingerprint density at radius 3 is 2.65 bits per heavy atom. The summed E-state index contributed by atoms with van der Waals surface area (Å²) in [6, 6.07) is 8.91. The van der Waals surface area contributed by atoms with Gasteiger partial charge in [0.2, 0.25) is 0 Å². The molecule has 2 nitrogen and oxygen atoms in total. The molecule has 0 aromatic heterocycles. The normalized spacial score (nSPS) is 19.1. The lowest BCUT2D eigenvalue weighted by molar-refractivity contribution is 0.0918. The van der Waals surface area contributed by atoms with E-state index >= 15 is 0 Å². The molecule has 20 heavy (non-hydrogen) atoms. The molecular formula is C18H30N2. The third kappa shape index (κ3) is 3.62. The molecule has 0 saturated carbocycles. The van der Waals surface area contributed by atoms with Gasteiger partial charge in [-0.05, 0) is 43.9 Å². The quantitative estimate of drug-likeness (QED) is 0.801. The highest BCUT2D eigenvalue weighted by Gasteiger charge is 2.31. The third-order valence-electron chi connectivity index (χ3n) is 4.88. The lowest BCUT2D eigenvalue weighted by Gasteiger charge is -2.40. The Morgan fingerprint density at radius 2 is 1.95 bits per heavy atom. The topological polar surface area (TPSA) is 29.3 Å². The summed E-state index contributed by atoms with van der Waals surface area (Å²) in [7, 11) is 0. The van der Waals surface area contributed by atoms with E-state index < -0.39 is 0 Å². The van der Waals surface area contributed by atoms with Gasteiger partial charge in [0.15, 0.2) is 0 Å². The summed E-state index contributed by atoms with van der Waals surface area (Å²) in [6.07, 6.45) is 7.58. The molecule has 0 radical (unpaired) electrons. The van der Waals surface area contributed by atoms with Crippen LogP contribution in [0.1, 0.15) is 57.1 Å². The average Bonchev–Trinajstić information content (AvgIpc) is 2.70. The Balaban J connectivity index is 2.10. The molecule has 0 spiro atoms. The molecule has 2 N–H and O–H groups in total. The molecule has 1 heterocycles. The molecular weight excluding hydrogens is 244 g/mol. The van der Waals surface area contributed by atoms with E-state index in [1.54, 1.807) is 0 Å². The number of rotatable bonds is 6. The van der Waals surface area contributed by atoms with Crippen LogP contribution in [0.25, 0.3) is 0 Å². The number of unbranched alkanes of at least 4 members (excludes halogenated alkanes) is 2. The van der Waals surface area contributed by atoms with E-state index in [-0.39, 0.29) is 5.54 Å². The van der Waals surface area contributed by atoms with E-state index in [0.29, 0.717) is 0 Å². The van der Waals surface area contributed by atoms with Crippen molar-refractivity contribution in [3.63, 3.8) is 0 Å². The lowest BCUT2D eigenvalue weighted by atomic mass is 9.91. The van der Waals surface area contributed by atoms with Crippen LogP contribution in [0.4, 0.5) is 0 Å². The molecule has 2 rings (SSSR count). The first-order valence-corrected chi connectivity index (χ1v) is 8.21. The van der Waals surface area contributed by atoms with E-state index in [0.717, 1.165) is 13.1 Å². The van der Waals surface area contributed by atoms with Crippen molar-refractivity contribution < 1.29 is 0 Å². The first kappa shape index (κ1) is 15.5. The molecule has 1 aromatic carbocycles. The Hall–Kier alpha value is -0.860. The zero-order valence-electron chi connectivity index (χ0n) is 13.2. The number of nitrogens with zero attached hydrogens (tertiary/aromatic N) is 1. The fraction of sp³-hybridized carbons (Fsp3) is 0.667. The van der Waals surface area contributed by atoms with Gasteiger partial charge in [0.25, 0.3) is 0 Å². The Bertz CT molecular complexity index is 416. The first-order valence-electron chi connectivity index (χ1n) is 8.21. The highest BCUT2D eigenvalue weighted by atomic mass is 15.2. The summed E-state index contributed by atoms with van der Waals surface area (Å²) < 4.78 is 0. The maximum absolute atomic E-state index is 6.15. The van der Waals surface area contributed by atoms with Crippen molar-refractivity contribution in [3.05, 3.63) is 35.4 Å². The van der Waals surface area contributed by atoms with E-state index in [2.05, 4.69) is 43.0 Å². The van der Waals surface area contributed by atoms with Gasteiger partial charge in [-0.15, -0.1) is 0 Å². The summed E-state index contributed by atoms with van der Waals surface area (Å²) >= 11 is 0. The van der Waals surface area contributed by atoms with Gasteiger partial charge in [-0.2, -0.15) is 0 Å². The summed E-state index contributed by atoms with van der Waals surface area (Å²) in [5.74, 6) is 0. The average molecular weight is 274 g/mol. The number of hydrogen-bond donors (Lipinski definition) is 1. The van der Waals surface area contributed by atoms with Gasteiger partial charge in [-0.25, -0.2) is 0 Å². The summed E-state index contributed by atoms with van der Waals surface area (Å²) in [6.45, 7) is 7.63. The molecule has 1 atom stereocenters. The summed E-state index contributed by atoms with van der Waals surface area (Å²) in [4.78, 5) is 2.63. The molecule has 112 valence electrons. The van der Waals surface area contributed by atoms with Gasteiger partial charge in [-0.1, -0.05) is 50.5 Å². The monoisotopic (exact) mass is 274 g/mol. The molecule has 0 aliphatic carbocycles. The zero-order chi connectivity index (χ0) is 14.4. The summed E-state index contributed by atoms with van der Waals surface area (Å²) in [5, 5.41) is 0. The SMILES string of the molecule is CCCCCC(C)(CN)N1CCCc2ccccc2C1. The standard InChI is InChI=1S/C18H30N2/c1-3-4-7-12-18(2,15-19)20-13-8-11-16-9-5-6-10-17(16)14-20/h5-6,9-10H,3-4,7-8,11-15,19H2,1-2H3. The molecule has 1 unspecified atom stereocenters. The van der Waals surface area contributed by atoms with Crippen molar-refractivity contribution in [1.82, 2.24) is 4.90 Å². The van der Waals surface area contributed by atoms with Gasteiger partial charge in [-0.3, -0.25) is 4.90 Å². The molecule has 1 aliphatic heterocycles. The first-order chi connectivity index (χ1) is 9.69. The van der Waals surface area contributed by atoms with Crippen LogP contribution in [0.2, 0.25) is 0 Å². The van der Waals surface area contributed by atoms with Crippen molar-refractivity contribution in [2.45, 2.75) is 64.5 Å². The second-order valence-electron chi connectivity index (χ2n) is 6.45. The minimum absolute atomic E-state index is 0.159. The minimum Gasteiger partial charge on any atom is -0.329 e. The maximum Gasteiger partial charge on any atom is 0.0307 e. The summed E-state index contributed by atoms with van der Waals surface area (Å²) in [5.41, 5.74) is 9.34. The van der Waals surface area contributed by atoms with Gasteiger partial charge < -0.3 is 5.73 Å². The smallest absolute Gasteiger partial charge is 0.0307 e. The number of aryl methyl sites for hydroxylation is 1. The fourth-order valence-corrected chi connectivity index (χ4v) is 3.31. The molecule has 1 aromatic rings. The Kier molecular flexibility index (Phi) is 5.62. The van der Waals surface area contributed by atoms with Crippen LogP contribution < -0.4 is 5.73 Å². The van der Waals surface area contributed by atoms with Crippen molar-refractivity contribution in [3.8, 4) is 0 Å². The second kappa shape index (κ2) is 7.24. The van der Waals surface area contributed by atoms with Gasteiger partial charge in [0, 0.05) is 18.6 Å². The van der Waals surface area contributed by atoms with Crippen LogP contribution in [0.3, 0.4) is 0 Å². The van der Waals surface area contributed by atoms with E-state index in [9.17, 15) is 0 Å². The van der Waals surface area contributed by atoms with Gasteiger partial charge >= 0.3 is 0 Å². The Morgan fingerprint density at radius 1 is 1.20 bits per heavy atom. The van der Waals surface area contributed by atoms with Crippen molar-refractivity contribution in [2.24, 2.45) is 5.73 Å². The van der Waals surface area contributed by atoms with Gasteiger partial charge in [0.05, 0.1) is 0 Å².